The van der Waals surface area contributed by atoms with Crippen LogP contribution < -0.4 is 0 Å². The highest BCUT2D eigenvalue weighted by molar-refractivity contribution is 9.09. The normalized spacial score (nSPS) is 11.1. The van der Waals surface area contributed by atoms with E-state index in [4.69, 9.17) is 0 Å². The first-order valence-corrected chi connectivity index (χ1v) is 5.07. The molecule has 1 aromatic rings. The van der Waals surface area contributed by atoms with Crippen molar-refractivity contribution < 1.29 is 18.3 Å². The molecule has 0 unspecified atom stereocenters. The molecule has 0 aromatic heterocycles. The first-order chi connectivity index (χ1) is 6.99. The minimum absolute atomic E-state index is 0.314. The summed E-state index contributed by atoms with van der Waals surface area (Å²) in [5, 5.41) is 0. The predicted molar refractivity (Wildman–Crippen MR) is 55.2 cm³/mol. The van der Waals surface area contributed by atoms with Gasteiger partial charge in [0.05, 0.1) is 18.6 Å². The third kappa shape index (κ3) is 4.88. The molecule has 0 saturated heterocycles. The van der Waals surface area contributed by atoms with Crippen molar-refractivity contribution in [2.45, 2.75) is 11.3 Å². The average Bonchev–Trinajstić information content (AvgIpc) is 2.17. The number of carbonyl (C=O) groups is 1. The Hall–Kier alpha value is -0.970. The van der Waals surface area contributed by atoms with Gasteiger partial charge >= 0.3 is 10.8 Å². The largest absolute Gasteiger partial charge is 0.462 e. The van der Waals surface area contributed by atoms with Crippen LogP contribution in [0.4, 0.5) is 8.78 Å². The van der Waals surface area contributed by atoms with Crippen molar-refractivity contribution in [3.05, 3.63) is 35.9 Å². The van der Waals surface area contributed by atoms with Crippen LogP contribution >= 0.6 is 15.9 Å². The van der Waals surface area contributed by atoms with Crippen LogP contribution in [0, 0.1) is 0 Å². The number of hydrogen-bond acceptors (Lipinski definition) is 2. The maximum Gasteiger partial charge on any atom is 0.338 e. The number of ether oxygens (including phenoxy) is 1. The Bertz CT molecular complexity index is 322. The molecule has 1 aromatic carbocycles. The van der Waals surface area contributed by atoms with Crippen molar-refractivity contribution in [2.75, 3.05) is 6.61 Å². The van der Waals surface area contributed by atoms with Gasteiger partial charge in [0.2, 0.25) is 0 Å². The summed E-state index contributed by atoms with van der Waals surface area (Å²) >= 11 is 2.16. The molecule has 0 fully saturated rings. The lowest BCUT2D eigenvalue weighted by Gasteiger charge is -2.08. The molecule has 0 aliphatic rings. The molecule has 82 valence electrons. The van der Waals surface area contributed by atoms with Crippen molar-refractivity contribution in [3.8, 4) is 0 Å². The van der Waals surface area contributed by atoms with Gasteiger partial charge in [-0.25, -0.2) is 4.79 Å². The summed E-state index contributed by atoms with van der Waals surface area (Å²) in [4.78, 5) is 8.27. The topological polar surface area (TPSA) is 26.3 Å². The van der Waals surface area contributed by atoms with E-state index in [9.17, 15) is 13.6 Å². The van der Waals surface area contributed by atoms with Crippen LogP contribution in [0.25, 0.3) is 0 Å². The summed E-state index contributed by atoms with van der Waals surface area (Å²) in [6, 6.07) is 8.23. The van der Waals surface area contributed by atoms with E-state index in [-0.39, 0.29) is 6.61 Å². The Morgan fingerprint density at radius 2 is 1.93 bits per heavy atom. The number of esters is 1. The molecule has 0 atom stereocenters. The van der Waals surface area contributed by atoms with Crippen LogP contribution in [0.1, 0.15) is 16.8 Å². The molecule has 15 heavy (non-hydrogen) atoms. The van der Waals surface area contributed by atoms with E-state index in [0.717, 1.165) is 0 Å². The van der Waals surface area contributed by atoms with Gasteiger partial charge < -0.3 is 4.74 Å². The minimum atomic E-state index is -2.98. The second-order valence-electron chi connectivity index (χ2n) is 2.87. The van der Waals surface area contributed by atoms with Crippen LogP contribution in [0.3, 0.4) is 0 Å². The summed E-state index contributed by atoms with van der Waals surface area (Å²) in [5.74, 6) is -0.590. The van der Waals surface area contributed by atoms with Crippen LogP contribution in [0.5, 0.6) is 0 Å². The quantitative estimate of drug-likeness (QED) is 0.624. The molecule has 0 aliphatic carbocycles. The fourth-order valence-corrected chi connectivity index (χ4v) is 1.08. The number of hydrogen-bond donors (Lipinski definition) is 0. The Balaban J connectivity index is 2.38. The van der Waals surface area contributed by atoms with Crippen LogP contribution in [-0.2, 0) is 4.74 Å². The first-order valence-electron chi connectivity index (χ1n) is 4.28. The molecule has 0 saturated carbocycles. The molecule has 0 heterocycles. The lowest BCUT2D eigenvalue weighted by atomic mass is 10.2. The number of benzene rings is 1. The van der Waals surface area contributed by atoms with Crippen molar-refractivity contribution in [2.24, 2.45) is 0 Å². The zero-order valence-corrected chi connectivity index (χ0v) is 9.34. The Kier molecular flexibility index (Phi) is 4.20. The molecule has 0 amide bonds. The molecule has 0 bridgehead atoms. The fraction of sp³-hybridized carbons (Fsp3) is 0.300. The third-order valence-electron chi connectivity index (χ3n) is 1.63. The molecular weight excluding hydrogens is 270 g/mol. The lowest BCUT2D eigenvalue weighted by Crippen LogP contribution is -2.13. The standard InChI is InChI=1S/C10H9BrF2O2/c11-10(12,13)6-7-15-9(14)8-4-2-1-3-5-8/h1-5H,6-7H2. The van der Waals surface area contributed by atoms with Gasteiger partial charge in [-0.05, 0) is 28.1 Å². The van der Waals surface area contributed by atoms with E-state index in [1.807, 2.05) is 0 Å². The monoisotopic (exact) mass is 278 g/mol. The Morgan fingerprint density at radius 1 is 1.33 bits per heavy atom. The second-order valence-corrected chi connectivity index (χ2v) is 4.03. The number of halogens is 3. The van der Waals surface area contributed by atoms with Crippen molar-refractivity contribution in [1.82, 2.24) is 0 Å². The molecule has 1 rings (SSSR count). The maximum absolute atomic E-state index is 12.3. The van der Waals surface area contributed by atoms with E-state index in [1.54, 1.807) is 30.3 Å². The molecular formula is C10H9BrF2O2. The zero-order valence-electron chi connectivity index (χ0n) is 7.75. The smallest absolute Gasteiger partial charge is 0.338 e. The average molecular weight is 279 g/mol. The van der Waals surface area contributed by atoms with E-state index in [1.165, 1.54) is 0 Å². The van der Waals surface area contributed by atoms with E-state index < -0.39 is 17.2 Å². The van der Waals surface area contributed by atoms with E-state index >= 15 is 0 Å². The highest BCUT2D eigenvalue weighted by Gasteiger charge is 2.24. The van der Waals surface area contributed by atoms with Crippen LogP contribution in [-0.4, -0.2) is 17.4 Å². The maximum atomic E-state index is 12.3. The molecule has 0 N–H and O–H groups in total. The van der Waals surface area contributed by atoms with Gasteiger partial charge in [-0.3, -0.25) is 0 Å². The SMILES string of the molecule is O=C(OCCC(F)(F)Br)c1ccccc1. The Labute approximate surface area is 94.4 Å². The minimum Gasteiger partial charge on any atom is -0.462 e. The summed E-state index contributed by atoms with van der Waals surface area (Å²) < 4.78 is 29.3. The third-order valence-corrected chi connectivity index (χ3v) is 2.02. The van der Waals surface area contributed by atoms with Gasteiger partial charge in [-0.15, -0.1) is 0 Å². The number of alkyl halides is 3. The lowest BCUT2D eigenvalue weighted by molar-refractivity contribution is 0.0339. The Morgan fingerprint density at radius 3 is 2.47 bits per heavy atom. The number of rotatable bonds is 4. The molecule has 0 spiro atoms. The van der Waals surface area contributed by atoms with Gasteiger partial charge in [0.1, 0.15) is 0 Å². The molecule has 2 nitrogen and oxygen atoms in total. The van der Waals surface area contributed by atoms with Gasteiger partial charge in [-0.1, -0.05) is 18.2 Å². The predicted octanol–water partition coefficient (Wildman–Crippen LogP) is 3.22. The number of carbonyl (C=O) groups excluding carboxylic acids is 1. The van der Waals surface area contributed by atoms with E-state index in [2.05, 4.69) is 20.7 Å². The second kappa shape index (κ2) is 5.21. The summed E-state index contributed by atoms with van der Waals surface area (Å²) in [6.07, 6.45) is -0.536. The van der Waals surface area contributed by atoms with Crippen molar-refractivity contribution in [3.63, 3.8) is 0 Å². The first kappa shape index (κ1) is 12.1. The van der Waals surface area contributed by atoms with Gasteiger partial charge in [0, 0.05) is 0 Å². The summed E-state index contributed by atoms with van der Waals surface area (Å²) in [5.41, 5.74) is 0.357. The van der Waals surface area contributed by atoms with Crippen molar-refractivity contribution in [1.29, 1.82) is 0 Å². The van der Waals surface area contributed by atoms with Gasteiger partial charge in [0.25, 0.3) is 0 Å². The van der Waals surface area contributed by atoms with Crippen LogP contribution in [0.15, 0.2) is 30.3 Å². The highest BCUT2D eigenvalue weighted by Crippen LogP contribution is 2.25. The van der Waals surface area contributed by atoms with Gasteiger partial charge in [-0.2, -0.15) is 8.78 Å². The molecule has 0 aliphatic heterocycles. The van der Waals surface area contributed by atoms with Crippen LogP contribution in [0.2, 0.25) is 0 Å². The summed E-state index contributed by atoms with van der Waals surface area (Å²) in [7, 11) is 0. The van der Waals surface area contributed by atoms with Crippen molar-refractivity contribution >= 4 is 21.9 Å². The summed E-state index contributed by atoms with van der Waals surface area (Å²) in [6.45, 7) is -0.314. The fourth-order valence-electron chi connectivity index (χ4n) is 0.917. The highest BCUT2D eigenvalue weighted by atomic mass is 79.9. The molecule has 0 radical (unpaired) electrons. The molecule has 5 heteroatoms. The van der Waals surface area contributed by atoms with E-state index in [0.29, 0.717) is 5.56 Å². The van der Waals surface area contributed by atoms with Gasteiger partial charge in [0.15, 0.2) is 0 Å². The zero-order chi connectivity index (χ0) is 11.3.